The van der Waals surface area contributed by atoms with Crippen LogP contribution in [0.1, 0.15) is 24.6 Å². The van der Waals surface area contributed by atoms with E-state index in [0.717, 1.165) is 24.2 Å². The van der Waals surface area contributed by atoms with Gasteiger partial charge < -0.3 is 23.6 Å². The van der Waals surface area contributed by atoms with Gasteiger partial charge in [-0.15, -0.1) is 0 Å². The molecule has 3 heterocycles. The van der Waals surface area contributed by atoms with Crippen LogP contribution in [0.3, 0.4) is 0 Å². The summed E-state index contributed by atoms with van der Waals surface area (Å²) >= 11 is 0. The van der Waals surface area contributed by atoms with Crippen LogP contribution in [0.2, 0.25) is 0 Å². The lowest BCUT2D eigenvalue weighted by atomic mass is 9.96. The van der Waals surface area contributed by atoms with Gasteiger partial charge in [0.25, 0.3) is 11.8 Å². The van der Waals surface area contributed by atoms with Gasteiger partial charge in [0.1, 0.15) is 12.4 Å². The minimum absolute atomic E-state index is 0.0434. The quantitative estimate of drug-likeness (QED) is 0.639. The molecule has 1 unspecified atom stereocenters. The number of hydrogen-bond donors (Lipinski definition) is 0. The fourth-order valence-electron chi connectivity index (χ4n) is 3.98. The topological polar surface area (TPSA) is 86.9 Å². The molecule has 2 aliphatic rings. The molecular formula is C23H23N3O5. The van der Waals surface area contributed by atoms with Gasteiger partial charge in [-0.05, 0) is 43.2 Å². The number of hydrogen-bond acceptors (Lipinski definition) is 7. The Kier molecular flexibility index (Phi) is 5.19. The van der Waals surface area contributed by atoms with Crippen molar-refractivity contribution >= 4 is 5.91 Å². The first-order valence-electron chi connectivity index (χ1n) is 10.4. The third-order valence-corrected chi connectivity index (χ3v) is 5.71. The van der Waals surface area contributed by atoms with Crippen molar-refractivity contribution in [2.75, 3.05) is 26.8 Å². The molecule has 1 aromatic heterocycles. The van der Waals surface area contributed by atoms with Gasteiger partial charge in [0.15, 0.2) is 17.3 Å². The molecule has 8 nitrogen and oxygen atoms in total. The highest BCUT2D eigenvalue weighted by Gasteiger charge is 2.34. The molecule has 1 atom stereocenters. The Labute approximate surface area is 179 Å². The van der Waals surface area contributed by atoms with Gasteiger partial charge >= 0.3 is 0 Å². The highest BCUT2D eigenvalue weighted by atomic mass is 16.6. The fourth-order valence-corrected chi connectivity index (χ4v) is 3.98. The first kappa shape index (κ1) is 19.4. The molecule has 1 saturated heterocycles. The van der Waals surface area contributed by atoms with E-state index in [0.29, 0.717) is 36.3 Å². The Balaban J connectivity index is 1.20. The van der Waals surface area contributed by atoms with Crippen LogP contribution in [-0.4, -0.2) is 53.9 Å². The Morgan fingerprint density at radius 2 is 1.90 bits per heavy atom. The molecule has 0 N–H and O–H groups in total. The summed E-state index contributed by atoms with van der Waals surface area (Å²) in [6.07, 6.45) is 0.927. The van der Waals surface area contributed by atoms with Crippen molar-refractivity contribution in [1.82, 2.24) is 15.0 Å². The van der Waals surface area contributed by atoms with Crippen molar-refractivity contribution in [2.45, 2.75) is 24.9 Å². The van der Waals surface area contributed by atoms with Crippen LogP contribution in [0, 0.1) is 0 Å². The van der Waals surface area contributed by atoms with Gasteiger partial charge in [-0.25, -0.2) is 0 Å². The maximum absolute atomic E-state index is 12.9. The number of ether oxygens (including phenoxy) is 3. The van der Waals surface area contributed by atoms with Crippen molar-refractivity contribution in [3.05, 3.63) is 54.4 Å². The Morgan fingerprint density at radius 3 is 2.71 bits per heavy atom. The molecule has 2 aromatic carbocycles. The number of carbonyl (C=O) groups is 1. The molecule has 0 bridgehead atoms. The van der Waals surface area contributed by atoms with Crippen LogP contribution >= 0.6 is 0 Å². The average molecular weight is 421 g/mol. The van der Waals surface area contributed by atoms with Crippen LogP contribution < -0.4 is 14.2 Å². The molecule has 3 aromatic rings. The van der Waals surface area contributed by atoms with Crippen molar-refractivity contribution in [1.29, 1.82) is 0 Å². The van der Waals surface area contributed by atoms with Gasteiger partial charge in [0.2, 0.25) is 6.10 Å². The van der Waals surface area contributed by atoms with Gasteiger partial charge in [-0.3, -0.25) is 4.79 Å². The highest BCUT2D eigenvalue weighted by Crippen LogP contribution is 2.33. The maximum atomic E-state index is 12.9. The Bertz CT molecular complexity index is 1070. The van der Waals surface area contributed by atoms with Gasteiger partial charge in [-0.2, -0.15) is 4.98 Å². The summed E-state index contributed by atoms with van der Waals surface area (Å²) in [4.78, 5) is 19.3. The molecule has 160 valence electrons. The third-order valence-electron chi connectivity index (χ3n) is 5.71. The van der Waals surface area contributed by atoms with Crippen molar-refractivity contribution in [3.63, 3.8) is 0 Å². The van der Waals surface area contributed by atoms with E-state index >= 15 is 0 Å². The van der Waals surface area contributed by atoms with E-state index in [1.165, 1.54) is 0 Å². The van der Waals surface area contributed by atoms with Crippen LogP contribution in [-0.2, 0) is 4.79 Å². The fraction of sp³-hybridized carbons (Fsp3) is 0.348. The summed E-state index contributed by atoms with van der Waals surface area (Å²) in [6.45, 7) is 1.46. The van der Waals surface area contributed by atoms with E-state index < -0.39 is 6.10 Å². The molecule has 0 spiro atoms. The predicted octanol–water partition coefficient (Wildman–Crippen LogP) is 3.29. The third kappa shape index (κ3) is 3.93. The zero-order valence-corrected chi connectivity index (χ0v) is 17.2. The SMILES string of the molecule is COc1cccc(-c2nc(C3CCN(C(=O)C4COc5ccccc5O4)CC3)no2)c1. The lowest BCUT2D eigenvalue weighted by molar-refractivity contribution is -0.142. The minimum atomic E-state index is -0.615. The van der Waals surface area contributed by atoms with E-state index in [9.17, 15) is 4.79 Å². The summed E-state index contributed by atoms with van der Waals surface area (Å²) in [5, 5.41) is 4.18. The second-order valence-corrected chi connectivity index (χ2v) is 7.65. The number of fused-ring (bicyclic) bond motifs is 1. The van der Waals surface area contributed by atoms with Gasteiger partial charge in [-0.1, -0.05) is 23.4 Å². The lowest BCUT2D eigenvalue weighted by Gasteiger charge is -2.34. The van der Waals surface area contributed by atoms with Gasteiger partial charge in [0.05, 0.1) is 7.11 Å². The number of likely N-dealkylation sites (tertiary alicyclic amines) is 1. The van der Waals surface area contributed by atoms with Crippen LogP contribution in [0.4, 0.5) is 0 Å². The number of nitrogens with zero attached hydrogens (tertiary/aromatic N) is 3. The second-order valence-electron chi connectivity index (χ2n) is 7.65. The molecule has 8 heteroatoms. The zero-order chi connectivity index (χ0) is 21.2. The highest BCUT2D eigenvalue weighted by molar-refractivity contribution is 5.82. The summed E-state index contributed by atoms with van der Waals surface area (Å²) in [5.74, 6) is 3.28. The largest absolute Gasteiger partial charge is 0.497 e. The number of rotatable bonds is 4. The molecule has 2 aliphatic heterocycles. The van der Waals surface area contributed by atoms with Crippen LogP contribution in [0.25, 0.3) is 11.5 Å². The van der Waals surface area contributed by atoms with Gasteiger partial charge in [0, 0.05) is 24.6 Å². The Hall–Kier alpha value is -3.55. The number of para-hydroxylation sites is 2. The van der Waals surface area contributed by atoms with Crippen LogP contribution in [0.5, 0.6) is 17.2 Å². The predicted molar refractivity (Wildman–Crippen MR) is 111 cm³/mol. The number of methoxy groups -OCH3 is 1. The monoisotopic (exact) mass is 421 g/mol. The minimum Gasteiger partial charge on any atom is -0.497 e. The number of carbonyl (C=O) groups excluding carboxylic acids is 1. The number of amides is 1. The molecular weight excluding hydrogens is 398 g/mol. The molecule has 1 amide bonds. The van der Waals surface area contributed by atoms with Crippen molar-refractivity contribution in [3.8, 4) is 28.7 Å². The maximum Gasteiger partial charge on any atom is 0.267 e. The van der Waals surface area contributed by atoms with E-state index in [4.69, 9.17) is 18.7 Å². The average Bonchev–Trinajstić information content (AvgIpc) is 3.34. The number of piperidine rings is 1. The molecule has 31 heavy (non-hydrogen) atoms. The van der Waals surface area contributed by atoms with Crippen LogP contribution in [0.15, 0.2) is 53.1 Å². The molecule has 5 rings (SSSR count). The number of aromatic nitrogens is 2. The molecule has 0 aliphatic carbocycles. The molecule has 1 fully saturated rings. The molecule has 0 radical (unpaired) electrons. The summed E-state index contributed by atoms with van der Waals surface area (Å²) in [5.41, 5.74) is 0.820. The normalized spacial score (nSPS) is 18.6. The summed E-state index contributed by atoms with van der Waals surface area (Å²) in [7, 11) is 1.62. The van der Waals surface area contributed by atoms with Crippen molar-refractivity contribution < 1.29 is 23.5 Å². The second kappa shape index (κ2) is 8.29. The van der Waals surface area contributed by atoms with Crippen molar-refractivity contribution in [2.24, 2.45) is 0 Å². The smallest absolute Gasteiger partial charge is 0.267 e. The summed E-state index contributed by atoms with van der Waals surface area (Å²) in [6, 6.07) is 14.9. The lowest BCUT2D eigenvalue weighted by Crippen LogP contribution is -2.48. The first-order valence-corrected chi connectivity index (χ1v) is 10.4. The van der Waals surface area contributed by atoms with E-state index in [1.54, 1.807) is 7.11 Å². The van der Waals surface area contributed by atoms with E-state index in [2.05, 4.69) is 10.1 Å². The molecule has 0 saturated carbocycles. The summed E-state index contributed by atoms with van der Waals surface area (Å²) < 4.78 is 22.3. The van der Waals surface area contributed by atoms with E-state index in [-0.39, 0.29) is 18.4 Å². The standard InChI is InChI=1S/C23H23N3O5/c1-28-17-6-4-5-16(13-17)22-24-21(25-31-22)15-9-11-26(12-10-15)23(27)20-14-29-18-7-2-3-8-19(18)30-20/h2-8,13,15,20H,9-12,14H2,1H3. The Morgan fingerprint density at radius 1 is 1.10 bits per heavy atom. The zero-order valence-electron chi connectivity index (χ0n) is 17.2. The number of benzene rings is 2. The van der Waals surface area contributed by atoms with E-state index in [1.807, 2.05) is 53.4 Å². The first-order chi connectivity index (χ1) is 15.2.